The average Bonchev–Trinajstić information content (AvgIpc) is 2.40. The smallest absolute Gasteiger partial charge is 0.410 e. The van der Waals surface area contributed by atoms with E-state index in [1.54, 1.807) is 0 Å². The molecule has 0 unspecified atom stereocenters. The zero-order chi connectivity index (χ0) is 15.5. The Morgan fingerprint density at radius 2 is 1.57 bits per heavy atom. The van der Waals surface area contributed by atoms with E-state index >= 15 is 0 Å². The van der Waals surface area contributed by atoms with Crippen molar-refractivity contribution < 1.29 is 9.53 Å². The van der Waals surface area contributed by atoms with Gasteiger partial charge in [0.2, 0.25) is 0 Å². The molecule has 2 N–H and O–H groups in total. The number of nitrogens with zero attached hydrogens (tertiary/aromatic N) is 1. The van der Waals surface area contributed by atoms with Gasteiger partial charge in [-0.1, -0.05) is 0 Å². The van der Waals surface area contributed by atoms with E-state index in [0.717, 1.165) is 37.8 Å². The largest absolute Gasteiger partial charge is 0.444 e. The summed E-state index contributed by atoms with van der Waals surface area (Å²) in [5, 5.41) is 0. The number of hydrogen-bond donors (Lipinski definition) is 1. The molecule has 0 aromatic rings. The topological polar surface area (TPSA) is 55.6 Å². The maximum absolute atomic E-state index is 12.0. The van der Waals surface area contributed by atoms with Gasteiger partial charge in [-0.2, -0.15) is 0 Å². The van der Waals surface area contributed by atoms with Gasteiger partial charge in [-0.3, -0.25) is 0 Å². The molecule has 0 atom stereocenters. The minimum atomic E-state index is -0.394. The molecule has 1 aliphatic carbocycles. The molecule has 1 saturated heterocycles. The maximum Gasteiger partial charge on any atom is 0.410 e. The Labute approximate surface area is 129 Å². The zero-order valence-corrected chi connectivity index (χ0v) is 13.9. The van der Waals surface area contributed by atoms with Gasteiger partial charge in [0.1, 0.15) is 5.60 Å². The summed E-state index contributed by atoms with van der Waals surface area (Å²) in [6, 6.07) is 0.440. The van der Waals surface area contributed by atoms with Gasteiger partial charge in [0.05, 0.1) is 0 Å². The lowest BCUT2D eigenvalue weighted by molar-refractivity contribution is 0.0173. The number of amides is 1. The number of ether oxygens (including phenoxy) is 1. The summed E-state index contributed by atoms with van der Waals surface area (Å²) >= 11 is 0. The lowest BCUT2D eigenvalue weighted by Crippen LogP contribution is -2.42. The molecule has 0 aromatic heterocycles. The van der Waals surface area contributed by atoms with Crippen molar-refractivity contribution in [3.05, 3.63) is 0 Å². The second kappa shape index (κ2) is 6.99. The van der Waals surface area contributed by atoms with Gasteiger partial charge >= 0.3 is 6.09 Å². The number of rotatable bonds is 2. The van der Waals surface area contributed by atoms with Gasteiger partial charge in [0, 0.05) is 19.1 Å². The Kier molecular flexibility index (Phi) is 5.53. The van der Waals surface area contributed by atoms with E-state index in [0.29, 0.717) is 6.04 Å². The van der Waals surface area contributed by atoms with E-state index < -0.39 is 5.60 Å². The fraction of sp³-hybridized carbons (Fsp3) is 0.941. The summed E-state index contributed by atoms with van der Waals surface area (Å²) in [4.78, 5) is 13.9. The van der Waals surface area contributed by atoms with E-state index in [1.165, 1.54) is 32.1 Å². The number of piperidine rings is 1. The lowest BCUT2D eigenvalue weighted by Gasteiger charge is -2.35. The highest BCUT2D eigenvalue weighted by Crippen LogP contribution is 2.32. The third-order valence-electron chi connectivity index (χ3n) is 4.82. The summed E-state index contributed by atoms with van der Waals surface area (Å²) in [5.41, 5.74) is 5.58. The van der Waals surface area contributed by atoms with Crippen molar-refractivity contribution >= 4 is 6.09 Å². The first-order chi connectivity index (χ1) is 9.83. The van der Waals surface area contributed by atoms with Crippen molar-refractivity contribution in [1.82, 2.24) is 4.90 Å². The molecule has 0 bridgehead atoms. The minimum Gasteiger partial charge on any atom is -0.444 e. The molecule has 2 aliphatic rings. The third-order valence-corrected chi connectivity index (χ3v) is 4.82. The molecule has 2 rings (SSSR count). The van der Waals surface area contributed by atoms with Crippen LogP contribution in [-0.2, 0) is 4.74 Å². The summed E-state index contributed by atoms with van der Waals surface area (Å²) in [6.45, 7) is 7.47. The molecule has 0 radical (unpaired) electrons. The van der Waals surface area contributed by atoms with E-state index in [9.17, 15) is 4.79 Å². The lowest BCUT2D eigenvalue weighted by atomic mass is 9.78. The van der Waals surface area contributed by atoms with E-state index in [4.69, 9.17) is 10.5 Å². The van der Waals surface area contributed by atoms with Crippen LogP contribution in [0.25, 0.3) is 0 Å². The van der Waals surface area contributed by atoms with Crippen LogP contribution in [0.1, 0.15) is 65.7 Å². The molecular formula is C17H32N2O2. The fourth-order valence-electron chi connectivity index (χ4n) is 3.57. The summed E-state index contributed by atoms with van der Waals surface area (Å²) < 4.78 is 5.45. The number of nitrogens with two attached hydrogens (primary N) is 1. The molecular weight excluding hydrogens is 264 g/mol. The molecule has 122 valence electrons. The first-order valence-corrected chi connectivity index (χ1v) is 8.57. The molecule has 4 nitrogen and oxygen atoms in total. The van der Waals surface area contributed by atoms with Gasteiger partial charge in [-0.05, 0) is 77.6 Å². The van der Waals surface area contributed by atoms with Gasteiger partial charge < -0.3 is 15.4 Å². The molecule has 21 heavy (non-hydrogen) atoms. The molecule has 1 heterocycles. The van der Waals surface area contributed by atoms with Crippen molar-refractivity contribution in [2.75, 3.05) is 13.1 Å². The number of hydrogen-bond acceptors (Lipinski definition) is 3. The Morgan fingerprint density at radius 1 is 1.05 bits per heavy atom. The third kappa shape index (κ3) is 5.50. The van der Waals surface area contributed by atoms with Gasteiger partial charge in [-0.15, -0.1) is 0 Å². The SMILES string of the molecule is CC(C)(C)OC(=O)N1CCC(CC2CCC(N)CC2)CC1. The van der Waals surface area contributed by atoms with Gasteiger partial charge in [-0.25, -0.2) is 4.79 Å². The number of carbonyl (C=O) groups is 1. The molecule has 2 fully saturated rings. The van der Waals surface area contributed by atoms with Crippen LogP contribution in [0.3, 0.4) is 0 Å². The van der Waals surface area contributed by atoms with Crippen molar-refractivity contribution in [3.8, 4) is 0 Å². The van der Waals surface area contributed by atoms with Crippen LogP contribution in [0, 0.1) is 11.8 Å². The van der Waals surface area contributed by atoms with E-state index in [1.807, 2.05) is 25.7 Å². The molecule has 1 saturated carbocycles. The van der Waals surface area contributed by atoms with Crippen LogP contribution in [0.5, 0.6) is 0 Å². The predicted octanol–water partition coefficient (Wildman–Crippen LogP) is 3.54. The highest BCUT2D eigenvalue weighted by Gasteiger charge is 2.29. The van der Waals surface area contributed by atoms with E-state index in [-0.39, 0.29) is 6.09 Å². The minimum absolute atomic E-state index is 0.149. The Morgan fingerprint density at radius 3 is 2.10 bits per heavy atom. The Hall–Kier alpha value is -0.770. The zero-order valence-electron chi connectivity index (χ0n) is 13.9. The standard InChI is InChI=1S/C17H32N2O2/c1-17(2,3)21-16(20)19-10-8-14(9-11-19)12-13-4-6-15(18)7-5-13/h13-15H,4-12,18H2,1-3H3. The van der Waals surface area contributed by atoms with Crippen LogP contribution in [0.15, 0.2) is 0 Å². The second-order valence-corrected chi connectivity index (χ2v) is 7.93. The van der Waals surface area contributed by atoms with Crippen molar-refractivity contribution in [1.29, 1.82) is 0 Å². The van der Waals surface area contributed by atoms with Crippen molar-refractivity contribution in [2.45, 2.75) is 77.4 Å². The Bertz CT molecular complexity index is 335. The summed E-state index contributed by atoms with van der Waals surface area (Å²) in [5.74, 6) is 1.64. The first kappa shape index (κ1) is 16.6. The van der Waals surface area contributed by atoms with Crippen LogP contribution in [-0.4, -0.2) is 35.7 Å². The summed E-state index contributed by atoms with van der Waals surface area (Å²) in [6.07, 6.45) is 8.42. The number of carbonyl (C=O) groups excluding carboxylic acids is 1. The van der Waals surface area contributed by atoms with E-state index in [2.05, 4.69) is 0 Å². The average molecular weight is 296 g/mol. The monoisotopic (exact) mass is 296 g/mol. The van der Waals surface area contributed by atoms with Gasteiger partial charge in [0.15, 0.2) is 0 Å². The summed E-state index contributed by atoms with van der Waals surface area (Å²) in [7, 11) is 0. The van der Waals surface area contributed by atoms with Crippen molar-refractivity contribution in [3.63, 3.8) is 0 Å². The van der Waals surface area contributed by atoms with Crippen molar-refractivity contribution in [2.24, 2.45) is 17.6 Å². The second-order valence-electron chi connectivity index (χ2n) is 7.93. The Balaban J connectivity index is 1.69. The predicted molar refractivity (Wildman–Crippen MR) is 85.1 cm³/mol. The van der Waals surface area contributed by atoms with Crippen LogP contribution in [0.2, 0.25) is 0 Å². The van der Waals surface area contributed by atoms with Crippen LogP contribution < -0.4 is 5.73 Å². The molecule has 4 heteroatoms. The van der Waals surface area contributed by atoms with Crippen LogP contribution >= 0.6 is 0 Å². The normalized spacial score (nSPS) is 28.5. The fourth-order valence-corrected chi connectivity index (χ4v) is 3.57. The number of likely N-dealkylation sites (tertiary alicyclic amines) is 1. The van der Waals surface area contributed by atoms with Gasteiger partial charge in [0.25, 0.3) is 0 Å². The van der Waals surface area contributed by atoms with Crippen LogP contribution in [0.4, 0.5) is 4.79 Å². The molecule has 1 amide bonds. The molecule has 0 spiro atoms. The highest BCUT2D eigenvalue weighted by atomic mass is 16.6. The maximum atomic E-state index is 12.0. The first-order valence-electron chi connectivity index (χ1n) is 8.57. The molecule has 1 aliphatic heterocycles. The quantitative estimate of drug-likeness (QED) is 0.848. The highest BCUT2D eigenvalue weighted by molar-refractivity contribution is 5.68. The molecule has 0 aromatic carbocycles.